The van der Waals surface area contributed by atoms with Crippen molar-refractivity contribution >= 4 is 17.9 Å². The first-order valence-corrected chi connectivity index (χ1v) is 7.70. The van der Waals surface area contributed by atoms with Gasteiger partial charge in [-0.15, -0.1) is 0 Å². The molecule has 0 spiro atoms. The Hall–Kier alpha value is -3.35. The molecule has 3 aromatic rings. The van der Waals surface area contributed by atoms with Crippen molar-refractivity contribution in [1.29, 1.82) is 0 Å². The third kappa shape index (κ3) is 3.77. The smallest absolute Gasteiger partial charge is 0.211 e. The Bertz CT molecular complexity index is 846. The van der Waals surface area contributed by atoms with Crippen LogP contribution in [0.1, 0.15) is 11.4 Å². The van der Waals surface area contributed by atoms with Gasteiger partial charge in [-0.25, -0.2) is 9.97 Å². The van der Waals surface area contributed by atoms with Gasteiger partial charge in [0, 0.05) is 6.54 Å². The van der Waals surface area contributed by atoms with Crippen LogP contribution in [0.25, 0.3) is 11.5 Å². The fourth-order valence-electron chi connectivity index (χ4n) is 2.42. The number of amides is 1. The Kier molecular flexibility index (Phi) is 4.94. The Morgan fingerprint density at radius 2 is 2.00 bits per heavy atom. The molecule has 0 aliphatic rings. The zero-order valence-electron chi connectivity index (χ0n) is 13.9. The van der Waals surface area contributed by atoms with E-state index in [-0.39, 0.29) is 0 Å². The predicted octanol–water partition coefficient (Wildman–Crippen LogP) is 3.23. The van der Waals surface area contributed by atoms with Gasteiger partial charge in [-0.2, -0.15) is 0 Å². The van der Waals surface area contributed by atoms with Crippen LogP contribution in [0.3, 0.4) is 0 Å². The lowest BCUT2D eigenvalue weighted by molar-refractivity contribution is -0.105. The Labute approximate surface area is 145 Å². The van der Waals surface area contributed by atoms with Crippen LogP contribution in [0.4, 0.5) is 11.5 Å². The van der Waals surface area contributed by atoms with Crippen molar-refractivity contribution in [2.24, 2.45) is 0 Å². The number of hydrogen-bond acceptors (Lipinski definition) is 6. The molecule has 0 atom stereocenters. The fourth-order valence-corrected chi connectivity index (χ4v) is 2.42. The fraction of sp³-hybridized carbons (Fsp3) is 0.167. The number of anilines is 2. The molecular weight excluding hydrogens is 320 g/mol. The maximum absolute atomic E-state index is 11.0. The van der Waals surface area contributed by atoms with Crippen LogP contribution in [-0.2, 0) is 11.3 Å². The average molecular weight is 338 g/mol. The summed E-state index contributed by atoms with van der Waals surface area (Å²) in [7, 11) is 1.63. The highest BCUT2D eigenvalue weighted by atomic mass is 16.5. The van der Waals surface area contributed by atoms with Crippen molar-refractivity contribution in [1.82, 2.24) is 9.97 Å². The first kappa shape index (κ1) is 16.5. The highest BCUT2D eigenvalue weighted by Crippen LogP contribution is 2.32. The van der Waals surface area contributed by atoms with E-state index in [4.69, 9.17) is 9.15 Å². The number of aryl methyl sites for hydroxylation is 1. The van der Waals surface area contributed by atoms with Crippen LogP contribution in [0.5, 0.6) is 5.75 Å². The van der Waals surface area contributed by atoms with Gasteiger partial charge in [-0.3, -0.25) is 4.79 Å². The molecule has 0 saturated carbocycles. The number of methoxy groups -OCH3 is 1. The number of hydrogen-bond donors (Lipinski definition) is 2. The van der Waals surface area contributed by atoms with Crippen LogP contribution in [0.2, 0.25) is 0 Å². The summed E-state index contributed by atoms with van der Waals surface area (Å²) in [6, 6.07) is 11.2. The van der Waals surface area contributed by atoms with Gasteiger partial charge in [0.15, 0.2) is 11.6 Å². The van der Waals surface area contributed by atoms with E-state index in [0.29, 0.717) is 41.7 Å². The number of rotatable bonds is 7. The van der Waals surface area contributed by atoms with Gasteiger partial charge in [0.1, 0.15) is 23.0 Å². The Morgan fingerprint density at radius 1 is 1.20 bits per heavy atom. The van der Waals surface area contributed by atoms with Gasteiger partial charge in [-0.1, -0.05) is 12.1 Å². The van der Waals surface area contributed by atoms with Gasteiger partial charge < -0.3 is 19.8 Å². The monoisotopic (exact) mass is 338 g/mol. The summed E-state index contributed by atoms with van der Waals surface area (Å²) in [5.41, 5.74) is 2.06. The molecule has 0 bridgehead atoms. The number of ether oxygens (including phenoxy) is 1. The maximum atomic E-state index is 11.0. The molecule has 2 heterocycles. The molecule has 0 aliphatic heterocycles. The topological polar surface area (TPSA) is 89.3 Å². The highest BCUT2D eigenvalue weighted by Gasteiger charge is 2.16. The zero-order chi connectivity index (χ0) is 17.6. The minimum absolute atomic E-state index is 0.476. The average Bonchev–Trinajstić information content (AvgIpc) is 3.16. The minimum Gasteiger partial charge on any atom is -0.497 e. The van der Waals surface area contributed by atoms with Crippen molar-refractivity contribution in [2.45, 2.75) is 13.5 Å². The number of nitrogens with zero attached hydrogens (tertiary/aromatic N) is 2. The second-order valence-corrected chi connectivity index (χ2v) is 5.28. The predicted molar refractivity (Wildman–Crippen MR) is 94.5 cm³/mol. The molecule has 1 aromatic carbocycles. The summed E-state index contributed by atoms with van der Waals surface area (Å²) in [6.45, 7) is 2.32. The van der Waals surface area contributed by atoms with E-state index in [0.717, 1.165) is 11.3 Å². The third-order valence-electron chi connectivity index (χ3n) is 3.60. The van der Waals surface area contributed by atoms with E-state index in [1.165, 1.54) is 0 Å². The molecule has 0 unspecified atom stereocenters. The number of furan rings is 1. The second-order valence-electron chi connectivity index (χ2n) is 5.28. The number of nitrogens with one attached hydrogen (secondary N) is 2. The molecule has 7 nitrogen and oxygen atoms in total. The van der Waals surface area contributed by atoms with Crippen LogP contribution < -0.4 is 15.4 Å². The quantitative estimate of drug-likeness (QED) is 0.643. The SMILES string of the molecule is COc1ccc(CNc2nc(C)nc(-c3ccco3)c2NC=O)cc1. The van der Waals surface area contributed by atoms with Crippen molar-refractivity contribution in [3.05, 3.63) is 54.0 Å². The molecule has 128 valence electrons. The molecule has 0 radical (unpaired) electrons. The molecule has 0 saturated heterocycles. The summed E-state index contributed by atoms with van der Waals surface area (Å²) in [5, 5.41) is 5.91. The van der Waals surface area contributed by atoms with Gasteiger partial charge in [-0.05, 0) is 36.8 Å². The lowest BCUT2D eigenvalue weighted by atomic mass is 10.2. The van der Waals surface area contributed by atoms with E-state index in [2.05, 4.69) is 20.6 Å². The van der Waals surface area contributed by atoms with Gasteiger partial charge in [0.25, 0.3) is 0 Å². The van der Waals surface area contributed by atoms with Crippen molar-refractivity contribution in [2.75, 3.05) is 17.7 Å². The molecule has 3 rings (SSSR count). The summed E-state index contributed by atoms with van der Waals surface area (Å²) in [6.07, 6.45) is 2.15. The third-order valence-corrected chi connectivity index (χ3v) is 3.60. The van der Waals surface area contributed by atoms with Crippen molar-refractivity contribution in [3.63, 3.8) is 0 Å². The summed E-state index contributed by atoms with van der Waals surface area (Å²) in [4.78, 5) is 19.8. The number of benzene rings is 1. The van der Waals surface area contributed by atoms with Gasteiger partial charge in [0.05, 0.1) is 13.4 Å². The second kappa shape index (κ2) is 7.48. The molecule has 7 heteroatoms. The normalized spacial score (nSPS) is 10.3. The first-order chi connectivity index (χ1) is 12.2. The summed E-state index contributed by atoms with van der Waals surface area (Å²) in [5.74, 6) is 2.45. The van der Waals surface area contributed by atoms with E-state index in [1.54, 1.807) is 32.4 Å². The lowest BCUT2D eigenvalue weighted by Gasteiger charge is -2.14. The van der Waals surface area contributed by atoms with Crippen molar-refractivity contribution < 1.29 is 13.9 Å². The summed E-state index contributed by atoms with van der Waals surface area (Å²) < 4.78 is 10.6. The number of aromatic nitrogens is 2. The Balaban J connectivity index is 1.90. The Morgan fingerprint density at radius 3 is 2.64 bits per heavy atom. The molecule has 1 amide bonds. The molecule has 2 aromatic heterocycles. The standard InChI is InChI=1S/C18H18N4O3/c1-12-21-16(15-4-3-9-25-15)17(20-11-23)18(22-12)19-10-13-5-7-14(24-2)8-6-13/h3-9,11H,10H2,1-2H3,(H,20,23)(H,19,21,22). The molecule has 0 aliphatic carbocycles. The zero-order valence-corrected chi connectivity index (χ0v) is 13.9. The molecule has 0 fully saturated rings. The van der Waals surface area contributed by atoms with Crippen LogP contribution in [0.15, 0.2) is 47.1 Å². The minimum atomic E-state index is 0.476. The number of carbonyl (C=O) groups excluding carboxylic acids is 1. The first-order valence-electron chi connectivity index (χ1n) is 7.70. The molecule has 25 heavy (non-hydrogen) atoms. The van der Waals surface area contributed by atoms with Crippen LogP contribution in [-0.4, -0.2) is 23.5 Å². The lowest BCUT2D eigenvalue weighted by Crippen LogP contribution is -2.09. The largest absolute Gasteiger partial charge is 0.497 e. The van der Waals surface area contributed by atoms with E-state index in [9.17, 15) is 4.79 Å². The maximum Gasteiger partial charge on any atom is 0.211 e. The van der Waals surface area contributed by atoms with E-state index >= 15 is 0 Å². The number of carbonyl (C=O) groups is 1. The molecule has 2 N–H and O–H groups in total. The highest BCUT2D eigenvalue weighted by molar-refractivity contribution is 5.88. The van der Waals surface area contributed by atoms with E-state index < -0.39 is 0 Å². The van der Waals surface area contributed by atoms with Crippen LogP contribution >= 0.6 is 0 Å². The van der Waals surface area contributed by atoms with Gasteiger partial charge in [0.2, 0.25) is 6.41 Å². The van der Waals surface area contributed by atoms with Crippen LogP contribution in [0, 0.1) is 6.92 Å². The molecular formula is C18H18N4O3. The van der Waals surface area contributed by atoms with Crippen molar-refractivity contribution in [3.8, 4) is 17.2 Å². The van der Waals surface area contributed by atoms with E-state index in [1.807, 2.05) is 24.3 Å². The van der Waals surface area contributed by atoms with Gasteiger partial charge >= 0.3 is 0 Å². The summed E-state index contributed by atoms with van der Waals surface area (Å²) >= 11 is 0.